The first-order chi connectivity index (χ1) is 8.60. The summed E-state index contributed by atoms with van der Waals surface area (Å²) in [5.74, 6) is -0.226. The third-order valence-corrected chi connectivity index (χ3v) is 1.58. The van der Waals surface area contributed by atoms with Gasteiger partial charge in [-0.25, -0.2) is 9.59 Å². The SMILES string of the molecule is CCC(=O)COC(=O)OCCOC(=O)OCCO. The molecule has 8 heteroatoms. The number of carbonyl (C=O) groups is 3. The molecule has 0 fully saturated rings. The van der Waals surface area contributed by atoms with E-state index in [-0.39, 0.29) is 45.2 Å². The van der Waals surface area contributed by atoms with Gasteiger partial charge in [0.05, 0.1) is 6.61 Å². The third kappa shape index (κ3) is 9.40. The molecular formula is C10H16O8. The highest BCUT2D eigenvalue weighted by Gasteiger charge is 2.08. The Balaban J connectivity index is 3.45. The van der Waals surface area contributed by atoms with Crippen LogP contribution in [-0.2, 0) is 23.7 Å². The van der Waals surface area contributed by atoms with Crippen molar-refractivity contribution < 1.29 is 38.4 Å². The summed E-state index contributed by atoms with van der Waals surface area (Å²) < 4.78 is 17.8. The van der Waals surface area contributed by atoms with Crippen molar-refractivity contribution in [1.82, 2.24) is 0 Å². The Kier molecular flexibility index (Phi) is 9.28. The highest BCUT2D eigenvalue weighted by molar-refractivity contribution is 5.80. The summed E-state index contributed by atoms with van der Waals surface area (Å²) in [4.78, 5) is 32.4. The number of carbonyl (C=O) groups excluding carboxylic acids is 3. The Morgan fingerprint density at radius 1 is 0.889 bits per heavy atom. The Labute approximate surface area is 104 Å². The van der Waals surface area contributed by atoms with Gasteiger partial charge < -0.3 is 24.1 Å². The normalized spacial score (nSPS) is 9.44. The maximum atomic E-state index is 10.9. The van der Waals surface area contributed by atoms with Crippen LogP contribution in [0.4, 0.5) is 9.59 Å². The Hall–Kier alpha value is -1.83. The second-order valence-electron chi connectivity index (χ2n) is 2.95. The topological polar surface area (TPSA) is 108 Å². The average molecular weight is 264 g/mol. The van der Waals surface area contributed by atoms with Gasteiger partial charge in [0.15, 0.2) is 12.4 Å². The molecule has 0 saturated heterocycles. The molecule has 0 amide bonds. The van der Waals surface area contributed by atoms with E-state index in [2.05, 4.69) is 18.9 Å². The summed E-state index contributed by atoms with van der Waals surface area (Å²) in [6, 6.07) is 0. The maximum absolute atomic E-state index is 10.9. The van der Waals surface area contributed by atoms with Gasteiger partial charge in [0.2, 0.25) is 0 Å². The van der Waals surface area contributed by atoms with Crippen LogP contribution in [0.5, 0.6) is 0 Å². The fourth-order valence-electron chi connectivity index (χ4n) is 0.704. The molecule has 18 heavy (non-hydrogen) atoms. The number of ketones is 1. The van der Waals surface area contributed by atoms with E-state index in [4.69, 9.17) is 5.11 Å². The first-order valence-corrected chi connectivity index (χ1v) is 5.31. The van der Waals surface area contributed by atoms with E-state index in [0.717, 1.165) is 0 Å². The Bertz CT molecular complexity index is 275. The molecule has 0 aliphatic heterocycles. The summed E-state index contributed by atoms with van der Waals surface area (Å²) in [5.41, 5.74) is 0. The van der Waals surface area contributed by atoms with Gasteiger partial charge in [0, 0.05) is 6.42 Å². The fourth-order valence-corrected chi connectivity index (χ4v) is 0.704. The highest BCUT2D eigenvalue weighted by Crippen LogP contribution is 1.90. The number of ether oxygens (including phenoxy) is 4. The second kappa shape index (κ2) is 10.3. The van der Waals surface area contributed by atoms with Crippen LogP contribution in [0.15, 0.2) is 0 Å². The molecule has 0 heterocycles. The summed E-state index contributed by atoms with van der Waals surface area (Å²) >= 11 is 0. The molecule has 0 bridgehead atoms. The van der Waals surface area contributed by atoms with Crippen LogP contribution in [0.1, 0.15) is 13.3 Å². The molecule has 0 rings (SSSR count). The first kappa shape index (κ1) is 16.2. The zero-order valence-corrected chi connectivity index (χ0v) is 10.0. The lowest BCUT2D eigenvalue weighted by atomic mass is 10.3. The lowest BCUT2D eigenvalue weighted by Gasteiger charge is -2.06. The van der Waals surface area contributed by atoms with Crippen molar-refractivity contribution in [2.75, 3.05) is 33.0 Å². The maximum Gasteiger partial charge on any atom is 0.508 e. The van der Waals surface area contributed by atoms with Gasteiger partial charge in [0.1, 0.15) is 19.8 Å². The smallest absolute Gasteiger partial charge is 0.432 e. The number of rotatable bonds is 8. The molecule has 8 nitrogen and oxygen atoms in total. The second-order valence-corrected chi connectivity index (χ2v) is 2.95. The van der Waals surface area contributed by atoms with E-state index in [9.17, 15) is 14.4 Å². The van der Waals surface area contributed by atoms with Crippen molar-refractivity contribution in [3.8, 4) is 0 Å². The van der Waals surface area contributed by atoms with Crippen molar-refractivity contribution in [1.29, 1.82) is 0 Å². The van der Waals surface area contributed by atoms with Gasteiger partial charge >= 0.3 is 12.3 Å². The fraction of sp³-hybridized carbons (Fsp3) is 0.700. The molecule has 0 aliphatic carbocycles. The predicted molar refractivity (Wildman–Crippen MR) is 57.0 cm³/mol. The van der Waals surface area contributed by atoms with Gasteiger partial charge in [-0.1, -0.05) is 6.92 Å². The predicted octanol–water partition coefficient (Wildman–Crippen LogP) is 0.264. The molecule has 0 aromatic heterocycles. The van der Waals surface area contributed by atoms with Crippen LogP contribution in [0.3, 0.4) is 0 Å². The summed E-state index contributed by atoms with van der Waals surface area (Å²) in [6.45, 7) is 0.413. The highest BCUT2D eigenvalue weighted by atomic mass is 16.7. The minimum atomic E-state index is -1.01. The van der Waals surface area contributed by atoms with E-state index in [1.807, 2.05) is 0 Å². The number of aliphatic hydroxyl groups excluding tert-OH is 1. The summed E-state index contributed by atoms with van der Waals surface area (Å²) in [5, 5.41) is 8.34. The molecule has 0 unspecified atom stereocenters. The molecule has 0 atom stereocenters. The van der Waals surface area contributed by atoms with E-state index in [0.29, 0.717) is 0 Å². The lowest BCUT2D eigenvalue weighted by molar-refractivity contribution is -0.122. The average Bonchev–Trinajstić information content (AvgIpc) is 2.38. The van der Waals surface area contributed by atoms with Crippen LogP contribution in [-0.4, -0.2) is 56.2 Å². The molecule has 0 aromatic carbocycles. The minimum absolute atomic E-state index is 0.166. The molecule has 1 N–H and O–H groups in total. The first-order valence-electron chi connectivity index (χ1n) is 5.31. The Morgan fingerprint density at radius 3 is 1.89 bits per heavy atom. The van der Waals surface area contributed by atoms with Crippen molar-refractivity contribution in [3.05, 3.63) is 0 Å². The lowest BCUT2D eigenvalue weighted by Crippen LogP contribution is -2.18. The molecule has 0 saturated carbocycles. The van der Waals surface area contributed by atoms with Crippen LogP contribution >= 0.6 is 0 Å². The van der Waals surface area contributed by atoms with Crippen molar-refractivity contribution in [2.24, 2.45) is 0 Å². The van der Waals surface area contributed by atoms with Gasteiger partial charge in [0.25, 0.3) is 0 Å². The molecule has 0 radical (unpaired) electrons. The molecule has 104 valence electrons. The van der Waals surface area contributed by atoms with Crippen LogP contribution in [0.2, 0.25) is 0 Å². The number of hydrogen-bond acceptors (Lipinski definition) is 8. The third-order valence-electron chi connectivity index (χ3n) is 1.58. The monoisotopic (exact) mass is 264 g/mol. The van der Waals surface area contributed by atoms with Crippen LogP contribution in [0.25, 0.3) is 0 Å². The van der Waals surface area contributed by atoms with Gasteiger partial charge in [-0.05, 0) is 0 Å². The number of hydrogen-bond donors (Lipinski definition) is 1. The van der Waals surface area contributed by atoms with E-state index >= 15 is 0 Å². The molecule has 0 aromatic rings. The van der Waals surface area contributed by atoms with Gasteiger partial charge in [-0.15, -0.1) is 0 Å². The van der Waals surface area contributed by atoms with Gasteiger partial charge in [-0.3, -0.25) is 4.79 Å². The van der Waals surface area contributed by atoms with Gasteiger partial charge in [-0.2, -0.15) is 0 Å². The zero-order valence-electron chi connectivity index (χ0n) is 10.0. The molecular weight excluding hydrogens is 248 g/mol. The van der Waals surface area contributed by atoms with E-state index < -0.39 is 12.3 Å². The van der Waals surface area contributed by atoms with Crippen molar-refractivity contribution in [2.45, 2.75) is 13.3 Å². The van der Waals surface area contributed by atoms with Crippen molar-refractivity contribution >= 4 is 18.1 Å². The quantitative estimate of drug-likeness (QED) is 0.491. The molecule has 0 spiro atoms. The largest absolute Gasteiger partial charge is 0.508 e. The number of Topliss-reactive ketones (excluding diaryl/α,β-unsaturated/α-hetero) is 1. The summed E-state index contributed by atoms with van der Waals surface area (Å²) in [7, 11) is 0. The van der Waals surface area contributed by atoms with E-state index in [1.54, 1.807) is 6.92 Å². The minimum Gasteiger partial charge on any atom is -0.432 e. The van der Waals surface area contributed by atoms with E-state index in [1.165, 1.54) is 0 Å². The van der Waals surface area contributed by atoms with Crippen LogP contribution in [0, 0.1) is 0 Å². The zero-order chi connectivity index (χ0) is 13.8. The standard InChI is InChI=1S/C10H16O8/c1-2-8(12)7-18-10(14)17-6-5-16-9(13)15-4-3-11/h11H,2-7H2,1H3. The Morgan fingerprint density at radius 2 is 1.39 bits per heavy atom. The molecule has 0 aliphatic rings. The van der Waals surface area contributed by atoms with Crippen molar-refractivity contribution in [3.63, 3.8) is 0 Å². The number of aliphatic hydroxyl groups is 1. The van der Waals surface area contributed by atoms with Crippen LogP contribution < -0.4 is 0 Å². The summed E-state index contributed by atoms with van der Waals surface area (Å²) in [6.07, 6.45) is -1.71.